The van der Waals surface area contributed by atoms with Crippen LogP contribution in [0.5, 0.6) is 0 Å². The molecule has 0 aromatic heterocycles. The van der Waals surface area contributed by atoms with Gasteiger partial charge in [0.1, 0.15) is 24.4 Å². The molecule has 9 nitrogen and oxygen atoms in total. The van der Waals surface area contributed by atoms with Crippen LogP contribution in [0.1, 0.15) is 129 Å². The van der Waals surface area contributed by atoms with E-state index in [2.05, 4.69) is 43.5 Å². The first-order valence-electron chi connectivity index (χ1n) is 17.7. The van der Waals surface area contributed by atoms with Gasteiger partial charge < -0.3 is 40.3 Å². The molecule has 0 bridgehead atoms. The first-order chi connectivity index (χ1) is 21.8. The zero-order valence-electron chi connectivity index (χ0n) is 28.1. The highest BCUT2D eigenvalue weighted by Crippen LogP contribution is 2.22. The predicted molar refractivity (Wildman–Crippen MR) is 180 cm³/mol. The molecule has 0 spiro atoms. The lowest BCUT2D eigenvalue weighted by atomic mass is 9.99. The minimum atomic E-state index is -1.57. The summed E-state index contributed by atoms with van der Waals surface area (Å²) in [7, 11) is 0. The number of aliphatic hydroxyl groups is 5. The van der Waals surface area contributed by atoms with Crippen LogP contribution in [0.3, 0.4) is 0 Å². The van der Waals surface area contributed by atoms with Gasteiger partial charge in [0.15, 0.2) is 6.29 Å². The van der Waals surface area contributed by atoms with Crippen molar-refractivity contribution >= 4 is 5.91 Å². The molecule has 1 amide bonds. The lowest BCUT2D eigenvalue weighted by molar-refractivity contribution is -0.302. The minimum Gasteiger partial charge on any atom is -0.394 e. The fraction of sp³-hybridized carbons (Fsp3) is 0.806. The van der Waals surface area contributed by atoms with Gasteiger partial charge in [-0.1, -0.05) is 115 Å². The summed E-state index contributed by atoms with van der Waals surface area (Å²) in [5, 5.41) is 53.6. The summed E-state index contributed by atoms with van der Waals surface area (Å²) in [4.78, 5) is 12.7. The quantitative estimate of drug-likeness (QED) is 0.0519. The standard InChI is InChI=1S/C36H65NO8/c1-3-5-7-9-11-13-14-15-16-17-18-19-21-23-25-30(39)29(37-32(40)26-24-22-20-12-10-8-6-4-2)28-44-36-35(43)34(42)33(41)31(27-38)45-36/h13-14,17-18,23,25,29-31,33-36,38-39,41-43H,3-12,15-16,19-22,24,26-28H2,1-2H3,(H,37,40)/b14-13+,18-17+,25-23+. The first kappa shape index (κ1) is 41.4. The Morgan fingerprint density at radius 3 is 1.87 bits per heavy atom. The minimum absolute atomic E-state index is 0.200. The van der Waals surface area contributed by atoms with E-state index in [1.165, 1.54) is 57.8 Å². The number of carbonyl (C=O) groups is 1. The van der Waals surface area contributed by atoms with Crippen LogP contribution in [0.15, 0.2) is 36.5 Å². The summed E-state index contributed by atoms with van der Waals surface area (Å²) in [6.07, 6.45) is 23.4. The van der Waals surface area contributed by atoms with Gasteiger partial charge in [-0.15, -0.1) is 0 Å². The number of allylic oxidation sites excluding steroid dienone is 5. The molecule has 262 valence electrons. The molecule has 7 unspecified atom stereocenters. The molecule has 0 radical (unpaired) electrons. The molecular weight excluding hydrogens is 574 g/mol. The van der Waals surface area contributed by atoms with Crippen LogP contribution in [0.2, 0.25) is 0 Å². The molecule has 0 aromatic carbocycles. The van der Waals surface area contributed by atoms with Crippen LogP contribution >= 0.6 is 0 Å². The van der Waals surface area contributed by atoms with E-state index in [4.69, 9.17) is 9.47 Å². The van der Waals surface area contributed by atoms with Gasteiger partial charge in [-0.2, -0.15) is 0 Å². The monoisotopic (exact) mass is 639 g/mol. The lowest BCUT2D eigenvalue weighted by Gasteiger charge is -2.40. The Morgan fingerprint density at radius 1 is 0.733 bits per heavy atom. The van der Waals surface area contributed by atoms with E-state index in [-0.39, 0.29) is 12.5 Å². The van der Waals surface area contributed by atoms with Gasteiger partial charge in [0.2, 0.25) is 5.91 Å². The second-order valence-electron chi connectivity index (χ2n) is 12.3. The maximum atomic E-state index is 12.7. The Morgan fingerprint density at radius 2 is 1.27 bits per heavy atom. The highest BCUT2D eigenvalue weighted by molar-refractivity contribution is 5.76. The number of amides is 1. The van der Waals surface area contributed by atoms with Crippen molar-refractivity contribution in [3.8, 4) is 0 Å². The van der Waals surface area contributed by atoms with Gasteiger partial charge in [-0.3, -0.25) is 4.79 Å². The van der Waals surface area contributed by atoms with Crippen molar-refractivity contribution in [3.05, 3.63) is 36.5 Å². The predicted octanol–water partition coefficient (Wildman–Crippen LogP) is 5.38. The topological polar surface area (TPSA) is 149 Å². The van der Waals surface area contributed by atoms with Crippen molar-refractivity contribution in [2.45, 2.75) is 172 Å². The molecule has 7 atom stereocenters. The third-order valence-electron chi connectivity index (χ3n) is 8.20. The number of hydrogen-bond donors (Lipinski definition) is 6. The third-order valence-corrected chi connectivity index (χ3v) is 8.20. The Labute approximate surface area is 272 Å². The van der Waals surface area contributed by atoms with Crippen LogP contribution in [-0.4, -0.2) is 87.5 Å². The van der Waals surface area contributed by atoms with Crippen molar-refractivity contribution in [2.75, 3.05) is 13.2 Å². The van der Waals surface area contributed by atoms with Gasteiger partial charge in [-0.05, 0) is 44.9 Å². The molecule has 45 heavy (non-hydrogen) atoms. The van der Waals surface area contributed by atoms with E-state index in [1.807, 2.05) is 6.08 Å². The summed E-state index contributed by atoms with van der Waals surface area (Å²) >= 11 is 0. The van der Waals surface area contributed by atoms with Crippen LogP contribution in [0.25, 0.3) is 0 Å². The normalized spacial score (nSPS) is 23.8. The summed E-state index contributed by atoms with van der Waals surface area (Å²) in [6, 6.07) is -0.820. The summed E-state index contributed by atoms with van der Waals surface area (Å²) in [5.41, 5.74) is 0. The van der Waals surface area contributed by atoms with E-state index in [1.54, 1.807) is 6.08 Å². The maximum absolute atomic E-state index is 12.7. The number of hydrogen-bond acceptors (Lipinski definition) is 8. The molecule has 1 aliphatic heterocycles. The molecule has 6 N–H and O–H groups in total. The number of ether oxygens (including phenoxy) is 2. The Balaban J connectivity index is 2.55. The van der Waals surface area contributed by atoms with Crippen molar-refractivity contribution in [1.29, 1.82) is 0 Å². The van der Waals surface area contributed by atoms with E-state index >= 15 is 0 Å². The number of aliphatic hydroxyl groups excluding tert-OH is 5. The number of unbranched alkanes of at least 4 members (excludes halogenated alkanes) is 13. The Bertz CT molecular complexity index is 802. The molecule has 0 saturated carbocycles. The van der Waals surface area contributed by atoms with Crippen LogP contribution < -0.4 is 5.32 Å². The zero-order valence-corrected chi connectivity index (χ0v) is 28.1. The van der Waals surface area contributed by atoms with Gasteiger partial charge >= 0.3 is 0 Å². The van der Waals surface area contributed by atoms with Gasteiger partial charge in [-0.25, -0.2) is 0 Å². The number of carbonyl (C=O) groups excluding carboxylic acids is 1. The van der Waals surface area contributed by atoms with Crippen molar-refractivity contribution in [3.63, 3.8) is 0 Å². The van der Waals surface area contributed by atoms with Crippen molar-refractivity contribution < 1.29 is 39.8 Å². The van der Waals surface area contributed by atoms with Gasteiger partial charge in [0.05, 0.1) is 25.4 Å². The fourth-order valence-electron chi connectivity index (χ4n) is 5.24. The van der Waals surface area contributed by atoms with E-state index in [9.17, 15) is 30.3 Å². The maximum Gasteiger partial charge on any atom is 0.220 e. The lowest BCUT2D eigenvalue weighted by Crippen LogP contribution is -2.60. The number of rotatable bonds is 27. The van der Waals surface area contributed by atoms with E-state index in [0.29, 0.717) is 6.42 Å². The Hall–Kier alpha value is -1.59. The third kappa shape index (κ3) is 19.6. The molecule has 1 rings (SSSR count). The van der Waals surface area contributed by atoms with Crippen molar-refractivity contribution in [2.24, 2.45) is 0 Å². The van der Waals surface area contributed by atoms with Gasteiger partial charge in [0, 0.05) is 6.42 Å². The molecule has 1 aliphatic rings. The van der Waals surface area contributed by atoms with Crippen LogP contribution in [0, 0.1) is 0 Å². The largest absolute Gasteiger partial charge is 0.394 e. The highest BCUT2D eigenvalue weighted by atomic mass is 16.7. The number of nitrogens with one attached hydrogen (secondary N) is 1. The first-order valence-corrected chi connectivity index (χ1v) is 17.7. The Kier molecular flexibility index (Phi) is 25.3. The molecular formula is C36H65NO8. The molecule has 0 aromatic rings. The molecule has 1 fully saturated rings. The smallest absolute Gasteiger partial charge is 0.220 e. The summed E-state index contributed by atoms with van der Waals surface area (Å²) in [6.45, 7) is 3.65. The van der Waals surface area contributed by atoms with E-state index < -0.39 is 49.5 Å². The molecule has 0 aliphatic carbocycles. The molecule has 1 heterocycles. The average Bonchev–Trinajstić information content (AvgIpc) is 3.04. The fourth-order valence-corrected chi connectivity index (χ4v) is 5.24. The van der Waals surface area contributed by atoms with Crippen LogP contribution in [-0.2, 0) is 14.3 Å². The molecule has 9 heteroatoms. The van der Waals surface area contributed by atoms with E-state index in [0.717, 1.165) is 51.4 Å². The molecule has 1 saturated heterocycles. The summed E-state index contributed by atoms with van der Waals surface area (Å²) in [5.74, 6) is -0.200. The average molecular weight is 640 g/mol. The SMILES string of the molecule is CCCCCC/C=C/CC/C=C/CC/C=C/C(O)C(COC1OC(CO)C(O)C(O)C1O)NC(=O)CCCCCCCCCC. The second-order valence-corrected chi connectivity index (χ2v) is 12.3. The van der Waals surface area contributed by atoms with Gasteiger partial charge in [0.25, 0.3) is 0 Å². The van der Waals surface area contributed by atoms with Crippen LogP contribution in [0.4, 0.5) is 0 Å². The summed E-state index contributed by atoms with van der Waals surface area (Å²) < 4.78 is 11.1. The highest BCUT2D eigenvalue weighted by Gasteiger charge is 2.44. The zero-order chi connectivity index (χ0) is 33.1. The van der Waals surface area contributed by atoms with Crippen molar-refractivity contribution in [1.82, 2.24) is 5.32 Å². The second kappa shape index (κ2) is 27.5.